The van der Waals surface area contributed by atoms with Gasteiger partial charge in [-0.05, 0) is 30.3 Å². The number of non-ortho nitro benzene ring substituents is 1. The Morgan fingerprint density at radius 2 is 1.95 bits per heavy atom. The lowest BCUT2D eigenvalue weighted by atomic mass is 10.2. The molecular formula is C15H10FN3O2. The number of halogens is 1. The van der Waals surface area contributed by atoms with Crippen molar-refractivity contribution in [3.63, 3.8) is 0 Å². The van der Waals surface area contributed by atoms with E-state index in [1.165, 1.54) is 12.1 Å². The van der Waals surface area contributed by atoms with E-state index >= 15 is 0 Å². The molecule has 0 atom stereocenters. The number of benzene rings is 2. The molecule has 0 unspecified atom stereocenters. The molecule has 3 aromatic rings. The fraction of sp³-hybridized carbons (Fsp3) is 0. The number of nitro groups is 1. The summed E-state index contributed by atoms with van der Waals surface area (Å²) in [5, 5.41) is 14.6. The SMILES string of the molecule is O=[N+]([O-])c1cc(F)cc(Nc2ccc3ncccc3c2)c1. The van der Waals surface area contributed by atoms with Crippen LogP contribution in [0.25, 0.3) is 10.9 Å². The maximum atomic E-state index is 13.4. The molecule has 1 aromatic heterocycles. The van der Waals surface area contributed by atoms with Gasteiger partial charge in [0.2, 0.25) is 0 Å². The number of nitro benzene ring substituents is 1. The second-order valence-electron chi connectivity index (χ2n) is 4.49. The summed E-state index contributed by atoms with van der Waals surface area (Å²) in [6, 6.07) is 12.6. The molecule has 6 heteroatoms. The number of aromatic nitrogens is 1. The van der Waals surface area contributed by atoms with Crippen LogP contribution in [0.4, 0.5) is 21.5 Å². The molecule has 0 amide bonds. The minimum Gasteiger partial charge on any atom is -0.355 e. The first-order valence-corrected chi connectivity index (χ1v) is 6.18. The van der Waals surface area contributed by atoms with Gasteiger partial charge in [-0.1, -0.05) is 6.07 Å². The Bertz CT molecular complexity index is 836. The Balaban J connectivity index is 1.96. The molecule has 2 aromatic carbocycles. The molecule has 0 aliphatic heterocycles. The zero-order chi connectivity index (χ0) is 14.8. The molecule has 0 aliphatic rings. The van der Waals surface area contributed by atoms with Crippen LogP contribution in [-0.4, -0.2) is 9.91 Å². The predicted octanol–water partition coefficient (Wildman–Crippen LogP) is 4.03. The summed E-state index contributed by atoms with van der Waals surface area (Å²) >= 11 is 0. The van der Waals surface area contributed by atoms with Gasteiger partial charge in [-0.2, -0.15) is 0 Å². The number of hydrogen-bond acceptors (Lipinski definition) is 4. The van der Waals surface area contributed by atoms with Gasteiger partial charge in [-0.15, -0.1) is 0 Å². The number of fused-ring (bicyclic) bond motifs is 1. The number of anilines is 2. The molecule has 1 N–H and O–H groups in total. The zero-order valence-corrected chi connectivity index (χ0v) is 10.8. The van der Waals surface area contributed by atoms with Crippen molar-refractivity contribution in [2.24, 2.45) is 0 Å². The molecule has 5 nitrogen and oxygen atoms in total. The van der Waals surface area contributed by atoms with Crippen LogP contribution in [-0.2, 0) is 0 Å². The Labute approximate surface area is 119 Å². The van der Waals surface area contributed by atoms with Crippen molar-refractivity contribution in [2.45, 2.75) is 0 Å². The summed E-state index contributed by atoms with van der Waals surface area (Å²) in [5.74, 6) is -0.658. The van der Waals surface area contributed by atoms with Crippen LogP contribution in [0.15, 0.2) is 54.7 Å². The van der Waals surface area contributed by atoms with E-state index in [0.29, 0.717) is 11.4 Å². The number of nitrogens with one attached hydrogen (secondary N) is 1. The van der Waals surface area contributed by atoms with E-state index in [4.69, 9.17) is 0 Å². The molecule has 104 valence electrons. The molecule has 0 spiro atoms. The summed E-state index contributed by atoms with van der Waals surface area (Å²) in [7, 11) is 0. The third kappa shape index (κ3) is 2.79. The first-order chi connectivity index (χ1) is 10.1. The average Bonchev–Trinajstić information content (AvgIpc) is 2.46. The molecule has 21 heavy (non-hydrogen) atoms. The lowest BCUT2D eigenvalue weighted by molar-refractivity contribution is -0.385. The van der Waals surface area contributed by atoms with Crippen LogP contribution >= 0.6 is 0 Å². The number of hydrogen-bond donors (Lipinski definition) is 1. The molecule has 0 aliphatic carbocycles. The molecule has 0 saturated carbocycles. The smallest absolute Gasteiger partial charge is 0.274 e. The third-order valence-corrected chi connectivity index (χ3v) is 2.99. The second-order valence-corrected chi connectivity index (χ2v) is 4.49. The van der Waals surface area contributed by atoms with Crippen LogP contribution in [0.3, 0.4) is 0 Å². The first-order valence-electron chi connectivity index (χ1n) is 6.18. The molecular weight excluding hydrogens is 273 g/mol. The highest BCUT2D eigenvalue weighted by molar-refractivity contribution is 5.83. The van der Waals surface area contributed by atoms with Crippen molar-refractivity contribution in [1.29, 1.82) is 0 Å². The van der Waals surface area contributed by atoms with Gasteiger partial charge in [-0.25, -0.2) is 4.39 Å². The van der Waals surface area contributed by atoms with Crippen molar-refractivity contribution in [2.75, 3.05) is 5.32 Å². The van der Waals surface area contributed by atoms with E-state index in [0.717, 1.165) is 17.0 Å². The maximum Gasteiger partial charge on any atom is 0.274 e. The minimum absolute atomic E-state index is 0.292. The molecule has 0 fully saturated rings. The van der Waals surface area contributed by atoms with E-state index in [9.17, 15) is 14.5 Å². The van der Waals surface area contributed by atoms with Gasteiger partial charge in [0.25, 0.3) is 5.69 Å². The lowest BCUT2D eigenvalue weighted by Gasteiger charge is -2.07. The highest BCUT2D eigenvalue weighted by Crippen LogP contribution is 2.25. The summed E-state index contributed by atoms with van der Waals surface area (Å²) < 4.78 is 13.4. The molecule has 1 heterocycles. The van der Waals surface area contributed by atoms with Crippen molar-refractivity contribution < 1.29 is 9.31 Å². The zero-order valence-electron chi connectivity index (χ0n) is 10.8. The number of rotatable bonds is 3. The molecule has 0 radical (unpaired) electrons. The largest absolute Gasteiger partial charge is 0.355 e. The van der Waals surface area contributed by atoms with Crippen LogP contribution < -0.4 is 5.32 Å². The van der Waals surface area contributed by atoms with Crippen molar-refractivity contribution in [3.05, 3.63) is 70.7 Å². The normalized spacial score (nSPS) is 10.5. The summed E-state index contributed by atoms with van der Waals surface area (Å²) in [5.41, 5.74) is 1.58. The summed E-state index contributed by atoms with van der Waals surface area (Å²) in [4.78, 5) is 14.3. The molecule has 0 bridgehead atoms. The minimum atomic E-state index is -0.658. The fourth-order valence-electron chi connectivity index (χ4n) is 2.07. The van der Waals surface area contributed by atoms with Gasteiger partial charge < -0.3 is 5.32 Å². The first kappa shape index (κ1) is 13.0. The van der Waals surface area contributed by atoms with Crippen LogP contribution in [0.2, 0.25) is 0 Å². The van der Waals surface area contributed by atoms with E-state index in [1.807, 2.05) is 24.3 Å². The van der Waals surface area contributed by atoms with E-state index < -0.39 is 10.7 Å². The van der Waals surface area contributed by atoms with Crippen LogP contribution in [0.5, 0.6) is 0 Å². The van der Waals surface area contributed by atoms with Crippen LogP contribution in [0, 0.1) is 15.9 Å². The van der Waals surface area contributed by atoms with Gasteiger partial charge in [0.15, 0.2) is 0 Å². The van der Waals surface area contributed by atoms with E-state index in [-0.39, 0.29) is 5.69 Å². The van der Waals surface area contributed by atoms with Gasteiger partial charge in [0, 0.05) is 29.0 Å². The Morgan fingerprint density at radius 1 is 1.10 bits per heavy atom. The second kappa shape index (κ2) is 5.16. The van der Waals surface area contributed by atoms with Crippen molar-refractivity contribution in [1.82, 2.24) is 4.98 Å². The quantitative estimate of drug-likeness (QED) is 0.582. The van der Waals surface area contributed by atoms with Gasteiger partial charge in [-0.3, -0.25) is 15.1 Å². The predicted molar refractivity (Wildman–Crippen MR) is 78.1 cm³/mol. The molecule has 3 rings (SSSR count). The highest BCUT2D eigenvalue weighted by atomic mass is 19.1. The van der Waals surface area contributed by atoms with Crippen molar-refractivity contribution >= 4 is 28.0 Å². The Kier molecular flexibility index (Phi) is 3.19. The molecule has 0 saturated heterocycles. The topological polar surface area (TPSA) is 68.1 Å². The third-order valence-electron chi connectivity index (χ3n) is 2.99. The monoisotopic (exact) mass is 283 g/mol. The number of pyridine rings is 1. The Morgan fingerprint density at radius 3 is 2.76 bits per heavy atom. The summed E-state index contributed by atoms with van der Waals surface area (Å²) in [6.45, 7) is 0. The maximum absolute atomic E-state index is 13.4. The summed E-state index contributed by atoms with van der Waals surface area (Å²) in [6.07, 6.45) is 1.70. The van der Waals surface area contributed by atoms with Crippen molar-refractivity contribution in [3.8, 4) is 0 Å². The van der Waals surface area contributed by atoms with E-state index in [1.54, 1.807) is 12.3 Å². The van der Waals surface area contributed by atoms with E-state index in [2.05, 4.69) is 10.3 Å². The average molecular weight is 283 g/mol. The van der Waals surface area contributed by atoms with Gasteiger partial charge in [0.1, 0.15) is 5.82 Å². The van der Waals surface area contributed by atoms with Crippen LogP contribution in [0.1, 0.15) is 0 Å². The fourth-order valence-corrected chi connectivity index (χ4v) is 2.07. The highest BCUT2D eigenvalue weighted by Gasteiger charge is 2.10. The Hall–Kier alpha value is -3.02. The standard InChI is InChI=1S/C15H10FN3O2/c16-11-7-13(9-14(8-11)19(20)21)18-12-3-4-15-10(6-12)2-1-5-17-15/h1-9,18H. The lowest BCUT2D eigenvalue weighted by Crippen LogP contribution is -1.95. The number of nitrogens with zero attached hydrogens (tertiary/aromatic N) is 2. The van der Waals surface area contributed by atoms with Gasteiger partial charge in [0.05, 0.1) is 16.5 Å². The van der Waals surface area contributed by atoms with Gasteiger partial charge >= 0.3 is 0 Å².